The Morgan fingerprint density at radius 2 is 1.89 bits per heavy atom. The summed E-state index contributed by atoms with van der Waals surface area (Å²) in [6.07, 6.45) is -6.36. The van der Waals surface area contributed by atoms with Gasteiger partial charge in [0.15, 0.2) is 0 Å². The van der Waals surface area contributed by atoms with Gasteiger partial charge in [-0.15, -0.1) is 11.3 Å². The van der Waals surface area contributed by atoms with E-state index in [-0.39, 0.29) is 0 Å². The van der Waals surface area contributed by atoms with Crippen molar-refractivity contribution < 1.29 is 27.9 Å². The molecule has 0 aliphatic rings. The predicted octanol–water partition coefficient (Wildman–Crippen LogP) is 2.69. The molecule has 0 saturated heterocycles. The summed E-state index contributed by atoms with van der Waals surface area (Å²) in [6, 6.07) is 8.41. The van der Waals surface area contributed by atoms with Crippen molar-refractivity contribution in [2.24, 2.45) is 0 Å². The van der Waals surface area contributed by atoms with Crippen molar-refractivity contribution in [3.05, 3.63) is 46.4 Å². The van der Waals surface area contributed by atoms with Gasteiger partial charge in [0, 0.05) is 23.8 Å². The number of anilines is 1. The molecule has 0 fully saturated rings. The number of carbonyl (C=O) groups excluding carboxylic acids is 2. The molecule has 0 radical (unpaired) electrons. The molecule has 0 aliphatic heterocycles. The van der Waals surface area contributed by atoms with E-state index in [1.807, 2.05) is 0 Å². The van der Waals surface area contributed by atoms with Crippen LogP contribution in [0.2, 0.25) is 0 Å². The van der Waals surface area contributed by atoms with E-state index in [4.69, 9.17) is 0 Å². The van der Waals surface area contributed by atoms with E-state index in [0.29, 0.717) is 22.7 Å². The first-order chi connectivity index (χ1) is 12.5. The maximum atomic E-state index is 13.4. The third-order valence-electron chi connectivity index (χ3n) is 3.71. The van der Waals surface area contributed by atoms with E-state index in [1.54, 1.807) is 30.3 Å². The summed E-state index contributed by atoms with van der Waals surface area (Å²) >= 11 is 0.622. The lowest BCUT2D eigenvalue weighted by molar-refractivity contribution is -0.268. The van der Waals surface area contributed by atoms with Crippen LogP contribution in [0.15, 0.2) is 35.7 Å². The highest BCUT2D eigenvalue weighted by molar-refractivity contribution is 7.09. The zero-order chi connectivity index (χ0) is 20.2. The van der Waals surface area contributed by atoms with Crippen LogP contribution in [0.3, 0.4) is 0 Å². The van der Waals surface area contributed by atoms with Gasteiger partial charge in [0.25, 0.3) is 0 Å². The maximum absolute atomic E-state index is 13.4. The molecule has 1 aromatic heterocycles. The van der Waals surface area contributed by atoms with Gasteiger partial charge in [-0.25, -0.2) is 4.98 Å². The molecule has 1 atom stereocenters. The number of halogens is 3. The third kappa shape index (κ3) is 5.04. The number of benzene rings is 1. The minimum Gasteiger partial charge on any atom is -0.374 e. The summed E-state index contributed by atoms with van der Waals surface area (Å²) in [5.74, 6) is -1.61. The molecule has 146 valence electrons. The van der Waals surface area contributed by atoms with Gasteiger partial charge in [-0.05, 0) is 19.1 Å². The van der Waals surface area contributed by atoms with Crippen molar-refractivity contribution >= 4 is 28.8 Å². The number of rotatable bonds is 6. The Morgan fingerprint density at radius 1 is 1.26 bits per heavy atom. The van der Waals surface area contributed by atoms with Crippen LogP contribution >= 0.6 is 11.3 Å². The number of carbonyl (C=O) groups is 2. The Bertz CT molecular complexity index is 811. The average molecular weight is 401 g/mol. The number of nitrogens with one attached hydrogen (secondary N) is 1. The monoisotopic (exact) mass is 401 g/mol. The van der Waals surface area contributed by atoms with Gasteiger partial charge in [0.1, 0.15) is 5.01 Å². The molecule has 27 heavy (non-hydrogen) atoms. The summed E-state index contributed by atoms with van der Waals surface area (Å²) in [5, 5.41) is 13.5. The molecule has 1 aromatic carbocycles. The van der Waals surface area contributed by atoms with Crippen LogP contribution in [0.1, 0.15) is 17.1 Å². The topological polar surface area (TPSA) is 82.5 Å². The van der Waals surface area contributed by atoms with Crippen molar-refractivity contribution in [3.8, 4) is 0 Å². The Morgan fingerprint density at radius 3 is 2.41 bits per heavy atom. The van der Waals surface area contributed by atoms with E-state index < -0.39 is 41.6 Å². The van der Waals surface area contributed by atoms with Gasteiger partial charge in [-0.3, -0.25) is 9.59 Å². The molecule has 2 amide bonds. The smallest absolute Gasteiger partial charge is 0.374 e. The fourth-order valence-corrected chi connectivity index (χ4v) is 3.13. The van der Waals surface area contributed by atoms with Crippen molar-refractivity contribution in [1.82, 2.24) is 9.88 Å². The maximum Gasteiger partial charge on any atom is 0.424 e. The Balaban J connectivity index is 2.07. The number of likely N-dealkylation sites (N-methyl/N-ethyl adjacent to an activating group) is 1. The molecule has 0 bridgehead atoms. The van der Waals surface area contributed by atoms with E-state index in [0.717, 1.165) is 4.90 Å². The van der Waals surface area contributed by atoms with Crippen LogP contribution in [0.5, 0.6) is 0 Å². The lowest BCUT2D eigenvalue weighted by Crippen LogP contribution is -2.47. The molecule has 0 saturated carbocycles. The lowest BCUT2D eigenvalue weighted by atomic mass is 9.99. The molecule has 2 rings (SSSR count). The first kappa shape index (κ1) is 20.8. The summed E-state index contributed by atoms with van der Waals surface area (Å²) in [7, 11) is 1.19. The van der Waals surface area contributed by atoms with Gasteiger partial charge in [-0.2, -0.15) is 13.2 Å². The summed E-state index contributed by atoms with van der Waals surface area (Å²) in [4.78, 5) is 28.7. The van der Waals surface area contributed by atoms with E-state index in [2.05, 4.69) is 10.3 Å². The average Bonchev–Trinajstić information content (AvgIpc) is 3.01. The predicted molar refractivity (Wildman–Crippen MR) is 94.1 cm³/mol. The van der Waals surface area contributed by atoms with Crippen LogP contribution in [0.4, 0.5) is 18.9 Å². The summed E-state index contributed by atoms with van der Waals surface area (Å²) < 4.78 is 40.3. The Kier molecular flexibility index (Phi) is 6.22. The van der Waals surface area contributed by atoms with Crippen molar-refractivity contribution in [2.45, 2.75) is 25.1 Å². The highest BCUT2D eigenvalue weighted by atomic mass is 32.1. The number of aryl methyl sites for hydroxylation is 1. The fraction of sp³-hybridized carbons (Fsp3) is 0.353. The number of aliphatic hydroxyl groups is 1. The van der Waals surface area contributed by atoms with Gasteiger partial charge in [0.2, 0.25) is 17.4 Å². The second-order valence-corrected chi connectivity index (χ2v) is 6.85. The number of alkyl halides is 3. The van der Waals surface area contributed by atoms with E-state index >= 15 is 0 Å². The number of nitrogens with zero attached hydrogens (tertiary/aromatic N) is 2. The van der Waals surface area contributed by atoms with Crippen LogP contribution in [0, 0.1) is 6.92 Å². The Labute approximate surface area is 157 Å². The number of hydrogen-bond acceptors (Lipinski definition) is 5. The highest BCUT2D eigenvalue weighted by Crippen LogP contribution is 2.43. The van der Waals surface area contributed by atoms with Crippen LogP contribution in [-0.2, 0) is 15.2 Å². The molecular weight excluding hydrogens is 383 g/mol. The summed E-state index contributed by atoms with van der Waals surface area (Å²) in [5.41, 5.74) is -2.61. The first-order valence-electron chi connectivity index (χ1n) is 7.83. The largest absolute Gasteiger partial charge is 0.424 e. The number of amides is 2. The van der Waals surface area contributed by atoms with Gasteiger partial charge >= 0.3 is 6.18 Å². The SMILES string of the molecule is Cc1csc(C(O)(CC(=O)N(C)CC(=O)Nc2ccccc2)C(F)(F)F)n1. The van der Waals surface area contributed by atoms with Gasteiger partial charge in [0.05, 0.1) is 13.0 Å². The fourth-order valence-electron chi connectivity index (χ4n) is 2.22. The molecule has 6 nitrogen and oxygen atoms in total. The molecule has 0 spiro atoms. The Hall–Kier alpha value is -2.46. The number of aromatic nitrogens is 1. The molecule has 2 aromatic rings. The van der Waals surface area contributed by atoms with Crippen molar-refractivity contribution in [2.75, 3.05) is 18.9 Å². The zero-order valence-electron chi connectivity index (χ0n) is 14.6. The molecule has 2 N–H and O–H groups in total. The van der Waals surface area contributed by atoms with E-state index in [1.165, 1.54) is 19.4 Å². The third-order valence-corrected chi connectivity index (χ3v) is 4.82. The molecule has 1 unspecified atom stereocenters. The quantitative estimate of drug-likeness (QED) is 0.780. The second kappa shape index (κ2) is 8.05. The number of hydrogen-bond donors (Lipinski definition) is 2. The highest BCUT2D eigenvalue weighted by Gasteiger charge is 2.58. The van der Waals surface area contributed by atoms with Crippen molar-refractivity contribution in [1.29, 1.82) is 0 Å². The van der Waals surface area contributed by atoms with E-state index in [9.17, 15) is 27.9 Å². The van der Waals surface area contributed by atoms with Crippen molar-refractivity contribution in [3.63, 3.8) is 0 Å². The molecule has 1 heterocycles. The first-order valence-corrected chi connectivity index (χ1v) is 8.71. The number of thiazole rings is 1. The lowest BCUT2D eigenvalue weighted by Gasteiger charge is -2.29. The normalized spacial score (nSPS) is 13.7. The van der Waals surface area contributed by atoms with Gasteiger partial charge in [-0.1, -0.05) is 18.2 Å². The van der Waals surface area contributed by atoms with Crippen LogP contribution < -0.4 is 5.32 Å². The van der Waals surface area contributed by atoms with Crippen LogP contribution in [-0.4, -0.2) is 46.6 Å². The molecule has 10 heteroatoms. The van der Waals surface area contributed by atoms with Crippen LogP contribution in [0.25, 0.3) is 0 Å². The molecular formula is C17H18F3N3O3S. The zero-order valence-corrected chi connectivity index (χ0v) is 15.4. The standard InChI is InChI=1S/C17H18F3N3O3S/c1-11-10-27-15(21-11)16(26,17(18,19)20)8-14(25)23(2)9-13(24)22-12-6-4-3-5-7-12/h3-7,10,26H,8-9H2,1-2H3,(H,22,24). The molecule has 0 aliphatic carbocycles. The number of para-hydroxylation sites is 1. The van der Waals surface area contributed by atoms with Gasteiger partial charge < -0.3 is 15.3 Å². The second-order valence-electron chi connectivity index (χ2n) is 5.99. The summed E-state index contributed by atoms with van der Waals surface area (Å²) in [6.45, 7) is 1.03. The minimum atomic E-state index is -5.10. The minimum absolute atomic E-state index is 0.306.